The Kier molecular flexibility index (Phi) is 28.9. The Balaban J connectivity index is 0.000000399. The first kappa shape index (κ1) is 61.6. The molecule has 0 bridgehead atoms. The van der Waals surface area contributed by atoms with Crippen molar-refractivity contribution < 1.29 is 71.5 Å². The molecule has 4 aromatic rings. The summed E-state index contributed by atoms with van der Waals surface area (Å²) < 4.78 is 0. The molecule has 0 aromatic heterocycles. The third-order valence-electron chi connectivity index (χ3n) is 10.5. The van der Waals surface area contributed by atoms with Gasteiger partial charge in [0.25, 0.3) is 0 Å². The van der Waals surface area contributed by atoms with Crippen LogP contribution in [-0.2, 0) is 46.7 Å². The van der Waals surface area contributed by atoms with E-state index in [4.69, 9.17) is 0 Å². The van der Waals surface area contributed by atoms with Gasteiger partial charge in [-0.1, -0.05) is 105 Å². The predicted molar refractivity (Wildman–Crippen MR) is 276 cm³/mol. The topological polar surface area (TPSA) is 0 Å². The standard InChI is InChI=1S/2C12H10Si.4C9H13.2ClH.2Zr/c2*1-3-7-11(8-4-1)13-12-9-5-2-6-10-12;4*1-9(2,3)8-6-4-5-7-8;;;;/h2*1-10H;4*6-7H,4H2,1-3H3;2*1H;;/q;;4*-1;;;2*+2/p-2. The Morgan fingerprint density at radius 3 is 0.591 bits per heavy atom. The molecular formula is C60H72Cl2Si2Zr2-2. The van der Waals surface area contributed by atoms with Crippen LogP contribution < -0.4 is 45.6 Å². The van der Waals surface area contributed by atoms with E-state index in [0.29, 0.717) is 21.7 Å². The van der Waals surface area contributed by atoms with Gasteiger partial charge in [0.2, 0.25) is 0 Å². The van der Waals surface area contributed by atoms with E-state index in [2.05, 4.69) is 277 Å². The van der Waals surface area contributed by atoms with E-state index in [1.807, 2.05) is 0 Å². The van der Waals surface area contributed by atoms with Crippen molar-refractivity contribution in [3.63, 3.8) is 0 Å². The van der Waals surface area contributed by atoms with E-state index in [-0.39, 0.29) is 24.8 Å². The van der Waals surface area contributed by atoms with Gasteiger partial charge in [0.05, 0.1) is 0 Å². The van der Waals surface area contributed by atoms with Gasteiger partial charge in [0.1, 0.15) is 0 Å². The summed E-state index contributed by atoms with van der Waals surface area (Å²) in [4.78, 5) is 0. The van der Waals surface area contributed by atoms with Gasteiger partial charge in [-0.05, 0) is 0 Å². The number of rotatable bonds is 4. The number of hydrogen-bond donors (Lipinski definition) is 0. The summed E-state index contributed by atoms with van der Waals surface area (Å²) in [6, 6.07) is 43.4. The van der Waals surface area contributed by atoms with E-state index in [1.165, 1.54) is 43.0 Å². The molecule has 0 saturated heterocycles. The van der Waals surface area contributed by atoms with Gasteiger partial charge in [-0.25, -0.2) is 24.3 Å². The summed E-state index contributed by atoms with van der Waals surface area (Å²) in [5.74, 6) is 0. The third kappa shape index (κ3) is 23.7. The summed E-state index contributed by atoms with van der Waals surface area (Å²) in [5.41, 5.74) is 6.06. The van der Waals surface area contributed by atoms with E-state index in [0.717, 1.165) is 25.7 Å². The molecule has 4 aliphatic rings. The van der Waals surface area contributed by atoms with Gasteiger partial charge in [-0.3, -0.25) is 24.3 Å². The Morgan fingerprint density at radius 2 is 0.485 bits per heavy atom. The molecule has 0 heterocycles. The molecule has 66 heavy (non-hydrogen) atoms. The fraction of sp³-hybridized carbons (Fsp3) is 0.333. The molecule has 0 amide bonds. The van der Waals surface area contributed by atoms with E-state index >= 15 is 0 Å². The zero-order valence-electron chi connectivity index (χ0n) is 41.8. The van der Waals surface area contributed by atoms with Crippen LogP contribution in [0.3, 0.4) is 0 Å². The normalized spacial score (nSPS) is 14.2. The second-order valence-electron chi connectivity index (χ2n) is 20.1. The van der Waals surface area contributed by atoms with Gasteiger partial charge >= 0.3 is 200 Å². The van der Waals surface area contributed by atoms with Gasteiger partial charge in [-0.2, -0.15) is 46.6 Å². The summed E-state index contributed by atoms with van der Waals surface area (Å²) in [5, 5.41) is 6.06. The second kappa shape index (κ2) is 30.9. The average Bonchev–Trinajstić information content (AvgIpc) is 4.13. The Morgan fingerprint density at radius 1 is 0.318 bits per heavy atom. The molecule has 0 N–H and O–H groups in total. The Bertz CT molecular complexity index is 1970. The van der Waals surface area contributed by atoms with Gasteiger partial charge in [-0.15, -0.1) is 25.7 Å². The zero-order valence-corrected chi connectivity index (χ0v) is 50.2. The zero-order chi connectivity index (χ0) is 47.2. The SMILES string of the molecule is CC(C)(C)C1=CC[C-]=C1.CC(C)(C)C1=CC[C-]=C1.CC(C)(C)C1=CC[C-]=C1.CC(C)(C)C1=CC[C-]=C1.[Cl-].[Cl-].[Zr+2]=[Si](c1ccccc1)c1ccccc1.[Zr+2]=[Si](c1ccccc1)c1ccccc1. The van der Waals surface area contributed by atoms with Crippen LogP contribution >= 0.6 is 0 Å². The van der Waals surface area contributed by atoms with Crippen molar-refractivity contribution in [2.45, 2.75) is 109 Å². The maximum absolute atomic E-state index is 3.16. The van der Waals surface area contributed by atoms with Crippen molar-refractivity contribution in [2.24, 2.45) is 21.7 Å². The number of benzene rings is 4. The van der Waals surface area contributed by atoms with Crippen LogP contribution in [0.2, 0.25) is 0 Å². The molecule has 4 aliphatic carbocycles. The molecule has 0 saturated carbocycles. The molecule has 4 aromatic carbocycles. The molecule has 0 unspecified atom stereocenters. The number of halogens is 2. The minimum atomic E-state index is -0.455. The van der Waals surface area contributed by atoms with Crippen LogP contribution in [-0.4, -0.2) is 10.9 Å². The van der Waals surface area contributed by atoms with Crippen molar-refractivity contribution in [1.82, 2.24) is 0 Å². The molecular weight excluding hydrogens is 1030 g/mol. The summed E-state index contributed by atoms with van der Waals surface area (Å²) in [6.45, 7) is 26.7. The molecule has 6 heteroatoms. The first-order valence-corrected chi connectivity index (χ1v) is 33.0. The van der Waals surface area contributed by atoms with Crippen LogP contribution in [0.5, 0.6) is 0 Å². The van der Waals surface area contributed by atoms with E-state index < -0.39 is 10.9 Å². The van der Waals surface area contributed by atoms with Crippen LogP contribution in [0.15, 0.2) is 192 Å². The van der Waals surface area contributed by atoms with Crippen LogP contribution in [0.25, 0.3) is 0 Å². The van der Waals surface area contributed by atoms with E-state index in [1.54, 1.807) is 46.7 Å². The van der Waals surface area contributed by atoms with Crippen molar-refractivity contribution in [2.75, 3.05) is 0 Å². The van der Waals surface area contributed by atoms with E-state index in [9.17, 15) is 0 Å². The van der Waals surface area contributed by atoms with Gasteiger partial charge < -0.3 is 24.8 Å². The fourth-order valence-electron chi connectivity index (χ4n) is 6.43. The number of allylic oxidation sites excluding steroid dienone is 16. The van der Waals surface area contributed by atoms with Gasteiger partial charge in [0, 0.05) is 0 Å². The quantitative estimate of drug-likeness (QED) is 0.146. The fourth-order valence-corrected chi connectivity index (χ4v) is 14.1. The van der Waals surface area contributed by atoms with Crippen molar-refractivity contribution in [1.29, 1.82) is 0 Å². The van der Waals surface area contributed by atoms with Crippen molar-refractivity contribution in [3.8, 4) is 0 Å². The van der Waals surface area contributed by atoms with Crippen LogP contribution in [0.1, 0.15) is 109 Å². The Labute approximate surface area is 445 Å². The molecule has 8 rings (SSSR count). The monoisotopic (exact) mass is 1100 g/mol. The predicted octanol–water partition coefficient (Wildman–Crippen LogP) is 7.57. The van der Waals surface area contributed by atoms with Crippen molar-refractivity contribution >= 4 is 31.6 Å². The first-order valence-electron chi connectivity index (χ1n) is 22.7. The number of hydrogen-bond acceptors (Lipinski definition) is 0. The maximum atomic E-state index is 3.16. The first-order chi connectivity index (χ1) is 30.2. The minimum absolute atomic E-state index is 0. The molecule has 0 aliphatic heterocycles. The average molecular weight is 1100 g/mol. The molecule has 344 valence electrons. The Hall–Kier alpha value is -2.42. The van der Waals surface area contributed by atoms with Crippen molar-refractivity contribution in [3.05, 3.63) is 217 Å². The van der Waals surface area contributed by atoms with Gasteiger partial charge in [0.15, 0.2) is 0 Å². The van der Waals surface area contributed by atoms with Crippen LogP contribution in [0.4, 0.5) is 0 Å². The summed E-state index contributed by atoms with van der Waals surface area (Å²) in [7, 11) is 0. The molecule has 0 atom stereocenters. The second-order valence-corrected chi connectivity index (χ2v) is 31.2. The molecule has 0 radical (unpaired) electrons. The molecule has 0 spiro atoms. The summed E-state index contributed by atoms with van der Waals surface area (Å²) in [6.07, 6.45) is 34.0. The third-order valence-corrected chi connectivity index (χ3v) is 22.7. The molecule has 0 fully saturated rings. The van der Waals surface area contributed by atoms with Crippen LogP contribution in [0, 0.1) is 46.0 Å². The summed E-state index contributed by atoms with van der Waals surface area (Å²) >= 11 is 3.29. The molecule has 0 nitrogen and oxygen atoms in total.